The number of benzene rings is 1. The van der Waals surface area contributed by atoms with Gasteiger partial charge < -0.3 is 9.67 Å². The van der Waals surface area contributed by atoms with Gasteiger partial charge in [0.1, 0.15) is 12.4 Å². The zero-order valence-electron chi connectivity index (χ0n) is 10.9. The predicted octanol–water partition coefficient (Wildman–Crippen LogP) is 3.42. The zero-order chi connectivity index (χ0) is 15.1. The van der Waals surface area contributed by atoms with Gasteiger partial charge in [-0.1, -0.05) is 13.8 Å². The Labute approximate surface area is 112 Å². The minimum Gasteiger partial charge on any atom is -0.478 e. The summed E-state index contributed by atoms with van der Waals surface area (Å²) in [6.45, 7) is 2.35. The fourth-order valence-electron chi connectivity index (χ4n) is 2.07. The number of aromatic carboxylic acids is 1. The van der Waals surface area contributed by atoms with Crippen LogP contribution < -0.4 is 0 Å². The first kappa shape index (κ1) is 14.4. The van der Waals surface area contributed by atoms with Gasteiger partial charge >= 0.3 is 12.1 Å². The summed E-state index contributed by atoms with van der Waals surface area (Å²) in [5.41, 5.74) is 0.554. The SMILES string of the molecule is CC(C)c1nc2cc(C(=O)O)ccc2n1CC(F)(F)F. The molecule has 0 spiro atoms. The van der Waals surface area contributed by atoms with Crippen LogP contribution >= 0.6 is 0 Å². The summed E-state index contributed by atoms with van der Waals surface area (Å²) < 4.78 is 39.1. The Morgan fingerprint density at radius 3 is 2.55 bits per heavy atom. The van der Waals surface area contributed by atoms with Crippen LogP contribution in [-0.2, 0) is 6.54 Å². The van der Waals surface area contributed by atoms with Gasteiger partial charge in [-0.05, 0) is 18.2 Å². The average Bonchev–Trinajstić information content (AvgIpc) is 2.65. The van der Waals surface area contributed by atoms with E-state index in [2.05, 4.69) is 4.98 Å². The van der Waals surface area contributed by atoms with Gasteiger partial charge in [-0.15, -0.1) is 0 Å². The molecule has 0 fully saturated rings. The lowest BCUT2D eigenvalue weighted by molar-refractivity contribution is -0.140. The van der Waals surface area contributed by atoms with Gasteiger partial charge in [0.2, 0.25) is 0 Å². The van der Waals surface area contributed by atoms with Crippen LogP contribution in [0.1, 0.15) is 35.9 Å². The molecule has 0 amide bonds. The van der Waals surface area contributed by atoms with Gasteiger partial charge in [0, 0.05) is 5.92 Å². The molecule has 0 aliphatic heterocycles. The Kier molecular flexibility index (Phi) is 3.45. The molecule has 0 aliphatic rings. The highest BCUT2D eigenvalue weighted by atomic mass is 19.4. The third-order valence-corrected chi connectivity index (χ3v) is 2.88. The lowest BCUT2D eigenvalue weighted by atomic mass is 10.2. The van der Waals surface area contributed by atoms with Crippen molar-refractivity contribution in [1.82, 2.24) is 9.55 Å². The first-order valence-electron chi connectivity index (χ1n) is 5.99. The number of aromatic nitrogens is 2. The summed E-state index contributed by atoms with van der Waals surface area (Å²) in [6, 6.07) is 3.93. The highest BCUT2D eigenvalue weighted by molar-refractivity contribution is 5.92. The maximum Gasteiger partial charge on any atom is 0.406 e. The van der Waals surface area contributed by atoms with Crippen LogP contribution in [0.3, 0.4) is 0 Å². The van der Waals surface area contributed by atoms with Crippen molar-refractivity contribution in [1.29, 1.82) is 0 Å². The lowest BCUT2D eigenvalue weighted by Gasteiger charge is -2.13. The van der Waals surface area contributed by atoms with Crippen LogP contribution in [0.5, 0.6) is 0 Å². The molecule has 20 heavy (non-hydrogen) atoms. The Balaban J connectivity index is 2.64. The van der Waals surface area contributed by atoms with Crippen LogP contribution in [0.2, 0.25) is 0 Å². The van der Waals surface area contributed by atoms with Gasteiger partial charge in [0.05, 0.1) is 16.6 Å². The van der Waals surface area contributed by atoms with Crippen LogP contribution in [-0.4, -0.2) is 26.8 Å². The van der Waals surface area contributed by atoms with Gasteiger partial charge in [0.15, 0.2) is 0 Å². The van der Waals surface area contributed by atoms with E-state index in [9.17, 15) is 18.0 Å². The number of carbonyl (C=O) groups is 1. The monoisotopic (exact) mass is 286 g/mol. The number of rotatable bonds is 3. The normalized spacial score (nSPS) is 12.3. The highest BCUT2D eigenvalue weighted by Crippen LogP contribution is 2.27. The molecule has 0 bridgehead atoms. The molecule has 7 heteroatoms. The van der Waals surface area contributed by atoms with Crippen molar-refractivity contribution in [2.45, 2.75) is 32.5 Å². The van der Waals surface area contributed by atoms with Gasteiger partial charge in [0.25, 0.3) is 0 Å². The molecule has 1 heterocycles. The number of hydrogen-bond acceptors (Lipinski definition) is 2. The number of fused-ring (bicyclic) bond motifs is 1. The minimum atomic E-state index is -4.36. The second-order valence-electron chi connectivity index (χ2n) is 4.83. The molecule has 1 aromatic heterocycles. The lowest BCUT2D eigenvalue weighted by Crippen LogP contribution is -2.20. The topological polar surface area (TPSA) is 55.1 Å². The minimum absolute atomic E-state index is 0.00413. The molecule has 0 saturated heterocycles. The van der Waals surface area contributed by atoms with Crippen LogP contribution in [0.25, 0.3) is 11.0 Å². The zero-order valence-corrected chi connectivity index (χ0v) is 10.9. The van der Waals surface area contributed by atoms with E-state index in [-0.39, 0.29) is 22.5 Å². The Hall–Kier alpha value is -2.05. The van der Waals surface area contributed by atoms with Gasteiger partial charge in [-0.2, -0.15) is 13.2 Å². The predicted molar refractivity (Wildman–Crippen MR) is 66.8 cm³/mol. The Morgan fingerprint density at radius 1 is 1.40 bits per heavy atom. The van der Waals surface area contributed by atoms with Gasteiger partial charge in [-0.3, -0.25) is 0 Å². The molecular weight excluding hydrogens is 273 g/mol. The summed E-state index contributed by atoms with van der Waals surface area (Å²) in [5, 5.41) is 8.90. The first-order chi connectivity index (χ1) is 9.19. The molecule has 1 aromatic carbocycles. The maximum atomic E-state index is 12.7. The second kappa shape index (κ2) is 4.81. The largest absolute Gasteiger partial charge is 0.478 e. The summed E-state index contributed by atoms with van der Waals surface area (Å²) >= 11 is 0. The third kappa shape index (κ3) is 2.76. The number of nitrogens with zero attached hydrogens (tertiary/aromatic N) is 2. The molecule has 2 aromatic rings. The number of imidazole rings is 1. The van der Waals surface area contributed by atoms with Crippen molar-refractivity contribution < 1.29 is 23.1 Å². The van der Waals surface area contributed by atoms with Crippen LogP contribution in [0, 0.1) is 0 Å². The van der Waals surface area contributed by atoms with Crippen molar-refractivity contribution in [2.75, 3.05) is 0 Å². The fourth-order valence-corrected chi connectivity index (χ4v) is 2.07. The fraction of sp³-hybridized carbons (Fsp3) is 0.385. The van der Waals surface area contributed by atoms with Gasteiger partial charge in [-0.25, -0.2) is 9.78 Å². The Bertz CT molecular complexity index is 659. The number of hydrogen-bond donors (Lipinski definition) is 1. The molecule has 0 aliphatic carbocycles. The van der Waals surface area contributed by atoms with E-state index >= 15 is 0 Å². The summed E-state index contributed by atoms with van der Waals surface area (Å²) in [7, 11) is 0. The molecule has 108 valence electrons. The average molecular weight is 286 g/mol. The highest BCUT2D eigenvalue weighted by Gasteiger charge is 2.30. The van der Waals surface area contributed by atoms with Crippen molar-refractivity contribution in [3.63, 3.8) is 0 Å². The first-order valence-corrected chi connectivity index (χ1v) is 5.99. The summed E-state index contributed by atoms with van der Waals surface area (Å²) in [5.74, 6) is -1.04. The second-order valence-corrected chi connectivity index (χ2v) is 4.83. The number of carboxylic acid groups (broad SMARTS) is 1. The van der Waals surface area contributed by atoms with Crippen molar-refractivity contribution in [3.8, 4) is 0 Å². The summed E-state index contributed by atoms with van der Waals surface area (Å²) in [4.78, 5) is 15.0. The van der Waals surface area contributed by atoms with Crippen molar-refractivity contribution >= 4 is 17.0 Å². The van der Waals surface area contributed by atoms with Crippen LogP contribution in [0.15, 0.2) is 18.2 Å². The van der Waals surface area contributed by atoms with E-state index < -0.39 is 18.7 Å². The smallest absolute Gasteiger partial charge is 0.406 e. The molecule has 4 nitrogen and oxygen atoms in total. The van der Waals surface area contributed by atoms with E-state index in [1.807, 2.05) is 0 Å². The van der Waals surface area contributed by atoms with E-state index in [1.54, 1.807) is 13.8 Å². The van der Waals surface area contributed by atoms with E-state index in [0.29, 0.717) is 5.82 Å². The molecule has 0 atom stereocenters. The Morgan fingerprint density at radius 2 is 2.05 bits per heavy atom. The van der Waals surface area contributed by atoms with Crippen molar-refractivity contribution in [2.24, 2.45) is 0 Å². The number of alkyl halides is 3. The van der Waals surface area contributed by atoms with Crippen LogP contribution in [0.4, 0.5) is 13.2 Å². The van der Waals surface area contributed by atoms with E-state index in [1.165, 1.54) is 18.2 Å². The summed E-state index contributed by atoms with van der Waals surface area (Å²) in [6.07, 6.45) is -4.36. The molecule has 2 rings (SSSR count). The maximum absolute atomic E-state index is 12.7. The van der Waals surface area contributed by atoms with E-state index in [0.717, 1.165) is 4.57 Å². The van der Waals surface area contributed by atoms with Crippen molar-refractivity contribution in [3.05, 3.63) is 29.6 Å². The third-order valence-electron chi connectivity index (χ3n) is 2.88. The molecular formula is C13H13F3N2O2. The molecule has 0 radical (unpaired) electrons. The van der Waals surface area contributed by atoms with E-state index in [4.69, 9.17) is 5.11 Å². The molecule has 0 saturated carbocycles. The number of halogens is 3. The standard InChI is InChI=1S/C13H13F3N2O2/c1-7(2)11-17-9-5-8(12(19)20)3-4-10(9)18(11)6-13(14,15)16/h3-5,7H,6H2,1-2H3,(H,19,20). The quantitative estimate of drug-likeness (QED) is 0.940. The molecule has 0 unspecified atom stereocenters. The number of carboxylic acids is 1. The molecule has 1 N–H and O–H groups in total.